The second-order valence-electron chi connectivity index (χ2n) is 7.56. The molecule has 2 heteroatoms. The van der Waals surface area contributed by atoms with Crippen molar-refractivity contribution in [1.82, 2.24) is 0 Å². The molecule has 0 aliphatic carbocycles. The summed E-state index contributed by atoms with van der Waals surface area (Å²) in [6, 6.07) is 34.5. The normalized spacial score (nSPS) is 11.1. The number of para-hydroxylation sites is 1. The molecule has 1 aromatic heterocycles. The van der Waals surface area contributed by atoms with Gasteiger partial charge < -0.3 is 4.90 Å². The van der Waals surface area contributed by atoms with Crippen LogP contribution in [0.15, 0.2) is 128 Å². The van der Waals surface area contributed by atoms with Gasteiger partial charge in [-0.1, -0.05) is 93.8 Å². The van der Waals surface area contributed by atoms with Gasteiger partial charge >= 0.3 is 0 Å². The molecule has 0 bridgehead atoms. The Morgan fingerprint density at radius 2 is 1.29 bits per heavy atom. The number of hydrogen-bond donors (Lipinski definition) is 0. The Kier molecular flexibility index (Phi) is 7.41. The summed E-state index contributed by atoms with van der Waals surface area (Å²) in [6.07, 6.45) is 5.63. The summed E-state index contributed by atoms with van der Waals surface area (Å²) < 4.78 is 2.63. The van der Waals surface area contributed by atoms with Gasteiger partial charge in [0.15, 0.2) is 0 Å². The summed E-state index contributed by atoms with van der Waals surface area (Å²) in [6.45, 7) is 11.7. The largest absolute Gasteiger partial charge is 0.310 e. The minimum atomic E-state index is 1.06. The topological polar surface area (TPSA) is 3.24 Å². The Hall–Kier alpha value is -3.88. The molecule has 0 spiro atoms. The van der Waals surface area contributed by atoms with Crippen LogP contribution in [0.25, 0.3) is 25.7 Å². The van der Waals surface area contributed by atoms with Crippen LogP contribution in [-0.4, -0.2) is 0 Å². The number of rotatable bonds is 6. The fraction of sp³-hybridized carbons (Fsp3) is 0.0625. The van der Waals surface area contributed by atoms with E-state index in [1.807, 2.05) is 37.3 Å². The van der Waals surface area contributed by atoms with Crippen LogP contribution in [0.5, 0.6) is 0 Å². The lowest BCUT2D eigenvalue weighted by Crippen LogP contribution is -2.09. The van der Waals surface area contributed by atoms with Crippen LogP contribution < -0.4 is 4.90 Å². The molecule has 5 rings (SSSR count). The number of allylic oxidation sites excluding steroid dienone is 4. The Labute approximate surface area is 206 Å². The molecule has 168 valence electrons. The molecule has 0 saturated carbocycles. The predicted octanol–water partition coefficient (Wildman–Crippen LogP) is 10.3. The van der Waals surface area contributed by atoms with E-state index in [2.05, 4.69) is 115 Å². The number of hydrogen-bond acceptors (Lipinski definition) is 2. The van der Waals surface area contributed by atoms with Crippen LogP contribution >= 0.6 is 11.3 Å². The van der Waals surface area contributed by atoms with Crippen molar-refractivity contribution in [2.24, 2.45) is 0 Å². The lowest BCUT2D eigenvalue weighted by molar-refractivity contribution is 1.29. The molecule has 0 atom stereocenters. The van der Waals surface area contributed by atoms with Crippen molar-refractivity contribution in [1.29, 1.82) is 0 Å². The van der Waals surface area contributed by atoms with Crippen LogP contribution in [0, 0.1) is 0 Å². The number of thiophene rings is 1. The molecule has 0 aliphatic heterocycles. The predicted molar refractivity (Wildman–Crippen MR) is 154 cm³/mol. The standard InChI is InChI=1S/C30H23NS.C2H6/c1-3-10-22(4-2)23-15-17-25(18-16-23)31(24-11-6-5-7-12-24)26-19-20-30-28(21-26)27-13-8-9-14-29(27)32-30;1-2/h3-21H,1-2H2;1-2H3/b22-10+;. The van der Waals surface area contributed by atoms with Crippen molar-refractivity contribution < 1.29 is 0 Å². The molecule has 1 nitrogen and oxygen atoms in total. The Bertz CT molecular complexity index is 1440. The van der Waals surface area contributed by atoms with Crippen molar-refractivity contribution in [3.8, 4) is 0 Å². The van der Waals surface area contributed by atoms with Crippen molar-refractivity contribution in [3.63, 3.8) is 0 Å². The summed E-state index contributed by atoms with van der Waals surface area (Å²) in [5.41, 5.74) is 5.57. The number of benzene rings is 4. The first kappa shape index (κ1) is 23.3. The number of anilines is 3. The van der Waals surface area contributed by atoms with Crippen molar-refractivity contribution >= 4 is 54.1 Å². The van der Waals surface area contributed by atoms with Crippen molar-refractivity contribution in [3.05, 3.63) is 134 Å². The second kappa shape index (κ2) is 10.8. The van der Waals surface area contributed by atoms with Gasteiger partial charge in [-0.25, -0.2) is 0 Å². The third-order valence-electron chi connectivity index (χ3n) is 5.61. The van der Waals surface area contributed by atoms with Crippen LogP contribution in [0.4, 0.5) is 17.1 Å². The van der Waals surface area contributed by atoms with Crippen molar-refractivity contribution in [2.45, 2.75) is 13.8 Å². The molecular weight excluding hydrogens is 430 g/mol. The van der Waals surface area contributed by atoms with Crippen LogP contribution in [-0.2, 0) is 0 Å². The maximum Gasteiger partial charge on any atom is 0.0468 e. The van der Waals surface area contributed by atoms with E-state index in [1.54, 1.807) is 6.08 Å². The highest BCUT2D eigenvalue weighted by atomic mass is 32.1. The zero-order chi connectivity index (χ0) is 23.9. The molecule has 0 amide bonds. The Morgan fingerprint density at radius 1 is 0.676 bits per heavy atom. The molecule has 34 heavy (non-hydrogen) atoms. The highest BCUT2D eigenvalue weighted by Crippen LogP contribution is 2.40. The van der Waals surface area contributed by atoms with E-state index < -0.39 is 0 Å². The first-order valence-electron chi connectivity index (χ1n) is 11.6. The molecule has 0 radical (unpaired) electrons. The van der Waals surface area contributed by atoms with E-state index in [0.717, 1.165) is 28.2 Å². The van der Waals surface area contributed by atoms with Crippen LogP contribution in [0.1, 0.15) is 19.4 Å². The van der Waals surface area contributed by atoms with E-state index in [9.17, 15) is 0 Å². The van der Waals surface area contributed by atoms with Crippen LogP contribution in [0.3, 0.4) is 0 Å². The van der Waals surface area contributed by atoms with E-state index in [4.69, 9.17) is 0 Å². The first-order chi connectivity index (χ1) is 16.8. The summed E-state index contributed by atoms with van der Waals surface area (Å²) >= 11 is 1.84. The summed E-state index contributed by atoms with van der Waals surface area (Å²) in [5, 5.41) is 2.60. The second-order valence-corrected chi connectivity index (χ2v) is 8.64. The van der Waals surface area contributed by atoms with Gasteiger partial charge in [-0.15, -0.1) is 11.3 Å². The third kappa shape index (κ3) is 4.59. The third-order valence-corrected chi connectivity index (χ3v) is 6.76. The molecule has 0 N–H and O–H groups in total. The SMILES string of the molecule is C=C/C=C(\C=C)c1ccc(N(c2ccccc2)c2ccc3sc4ccccc4c3c2)cc1.CC. The maximum atomic E-state index is 3.93. The number of nitrogens with zero attached hydrogens (tertiary/aromatic N) is 1. The van der Waals surface area contributed by atoms with E-state index in [-0.39, 0.29) is 0 Å². The molecule has 0 saturated heterocycles. The highest BCUT2D eigenvalue weighted by Gasteiger charge is 2.14. The van der Waals surface area contributed by atoms with Gasteiger partial charge in [0.25, 0.3) is 0 Å². The smallest absolute Gasteiger partial charge is 0.0468 e. The van der Waals surface area contributed by atoms with E-state index in [0.29, 0.717) is 0 Å². The van der Waals surface area contributed by atoms with Gasteiger partial charge in [-0.2, -0.15) is 0 Å². The van der Waals surface area contributed by atoms with E-state index in [1.165, 1.54) is 20.2 Å². The molecule has 0 unspecified atom stereocenters. The lowest BCUT2D eigenvalue weighted by Gasteiger charge is -2.26. The quantitative estimate of drug-likeness (QED) is 0.228. The highest BCUT2D eigenvalue weighted by molar-refractivity contribution is 7.25. The fourth-order valence-corrected chi connectivity index (χ4v) is 5.18. The minimum absolute atomic E-state index is 1.06. The first-order valence-corrected chi connectivity index (χ1v) is 12.4. The van der Waals surface area contributed by atoms with Gasteiger partial charge in [0.2, 0.25) is 0 Å². The minimum Gasteiger partial charge on any atom is -0.310 e. The molecular formula is C32H29NS. The van der Waals surface area contributed by atoms with Gasteiger partial charge in [0.05, 0.1) is 0 Å². The van der Waals surface area contributed by atoms with E-state index >= 15 is 0 Å². The summed E-state index contributed by atoms with van der Waals surface area (Å²) in [4.78, 5) is 2.31. The summed E-state index contributed by atoms with van der Waals surface area (Å²) in [5.74, 6) is 0. The zero-order valence-electron chi connectivity index (χ0n) is 19.7. The molecule has 0 aliphatic rings. The number of fused-ring (bicyclic) bond motifs is 3. The Morgan fingerprint density at radius 3 is 2.00 bits per heavy atom. The Balaban J connectivity index is 0.00000133. The lowest BCUT2D eigenvalue weighted by atomic mass is 10.0. The summed E-state index contributed by atoms with van der Waals surface area (Å²) in [7, 11) is 0. The average molecular weight is 460 g/mol. The molecule has 0 fully saturated rings. The van der Waals surface area contributed by atoms with Crippen molar-refractivity contribution in [2.75, 3.05) is 4.90 Å². The monoisotopic (exact) mass is 459 g/mol. The molecule has 4 aromatic carbocycles. The van der Waals surface area contributed by atoms with Gasteiger partial charge in [0.1, 0.15) is 0 Å². The fourth-order valence-electron chi connectivity index (χ4n) is 4.09. The molecule has 5 aromatic rings. The average Bonchev–Trinajstić information content (AvgIpc) is 3.28. The van der Waals surface area contributed by atoms with Gasteiger partial charge in [0, 0.05) is 37.2 Å². The molecule has 1 heterocycles. The zero-order valence-corrected chi connectivity index (χ0v) is 20.6. The van der Waals surface area contributed by atoms with Crippen LogP contribution in [0.2, 0.25) is 0 Å². The van der Waals surface area contributed by atoms with Gasteiger partial charge in [-0.3, -0.25) is 0 Å². The van der Waals surface area contributed by atoms with Gasteiger partial charge in [-0.05, 0) is 59.7 Å². The maximum absolute atomic E-state index is 3.93.